The van der Waals surface area contributed by atoms with E-state index < -0.39 is 0 Å². The van der Waals surface area contributed by atoms with E-state index in [1.807, 2.05) is 6.92 Å². The van der Waals surface area contributed by atoms with Crippen molar-refractivity contribution in [3.8, 4) is 0 Å². The number of thiazole rings is 1. The second-order valence-corrected chi connectivity index (χ2v) is 7.85. The lowest BCUT2D eigenvalue weighted by atomic mass is 9.99. The Labute approximate surface area is 144 Å². The van der Waals surface area contributed by atoms with Crippen molar-refractivity contribution in [1.82, 2.24) is 15.2 Å². The van der Waals surface area contributed by atoms with Crippen LogP contribution in [0.4, 0.5) is 0 Å². The van der Waals surface area contributed by atoms with Crippen LogP contribution in [-0.2, 0) is 10.3 Å². The zero-order valence-electron chi connectivity index (χ0n) is 15.0. The van der Waals surface area contributed by atoms with E-state index in [1.165, 1.54) is 0 Å². The van der Waals surface area contributed by atoms with Crippen molar-refractivity contribution in [3.63, 3.8) is 0 Å². The third-order valence-corrected chi connectivity index (χ3v) is 5.71. The molecule has 6 heteroatoms. The van der Waals surface area contributed by atoms with Crippen LogP contribution in [0.2, 0.25) is 0 Å². The second kappa shape index (κ2) is 8.03. The fourth-order valence-electron chi connectivity index (χ4n) is 3.10. The van der Waals surface area contributed by atoms with Crippen molar-refractivity contribution < 1.29 is 9.84 Å². The molecule has 0 radical (unpaired) electrons. The number of β-amino-alcohol motifs (C(OH)–C–C–N with tert-alkyl or cyclic N) is 1. The Morgan fingerprint density at radius 2 is 2.13 bits per heavy atom. The maximum atomic E-state index is 10.4. The van der Waals surface area contributed by atoms with E-state index in [0.717, 1.165) is 30.2 Å². The molecule has 132 valence electrons. The first-order chi connectivity index (χ1) is 10.8. The molecule has 1 fully saturated rings. The van der Waals surface area contributed by atoms with Gasteiger partial charge < -0.3 is 15.2 Å². The van der Waals surface area contributed by atoms with Crippen molar-refractivity contribution in [2.75, 3.05) is 26.2 Å². The third-order valence-electron chi connectivity index (χ3n) is 4.49. The molecule has 23 heavy (non-hydrogen) atoms. The van der Waals surface area contributed by atoms with Gasteiger partial charge in [-0.3, -0.25) is 4.90 Å². The molecular weight excluding hydrogens is 310 g/mol. The Bertz CT molecular complexity index is 486. The zero-order valence-corrected chi connectivity index (χ0v) is 15.8. The Hall–Kier alpha value is -0.530. The predicted molar refractivity (Wildman–Crippen MR) is 95.0 cm³/mol. The first-order valence-corrected chi connectivity index (χ1v) is 9.44. The minimum Gasteiger partial charge on any atom is -0.390 e. The standard InChI is InChI=1S/C17H31N3O2S/c1-6-17(5,16-19-12(2)11-23-16)18-7-15(21)10-20-8-13(3)22-14(4)9-20/h11,13-15,18,21H,6-10H2,1-5H3. The predicted octanol–water partition coefficient (Wildman–Crippen LogP) is 2.14. The Morgan fingerprint density at radius 1 is 1.48 bits per heavy atom. The molecule has 0 saturated carbocycles. The van der Waals surface area contributed by atoms with Gasteiger partial charge in [-0.1, -0.05) is 6.92 Å². The van der Waals surface area contributed by atoms with Gasteiger partial charge in [0.05, 0.1) is 23.9 Å². The van der Waals surface area contributed by atoms with Gasteiger partial charge in [-0.2, -0.15) is 0 Å². The summed E-state index contributed by atoms with van der Waals surface area (Å²) in [4.78, 5) is 6.91. The number of aliphatic hydroxyl groups excluding tert-OH is 1. The smallest absolute Gasteiger partial charge is 0.113 e. The maximum Gasteiger partial charge on any atom is 0.113 e. The summed E-state index contributed by atoms with van der Waals surface area (Å²) in [5, 5.41) is 17.1. The summed E-state index contributed by atoms with van der Waals surface area (Å²) in [7, 11) is 0. The lowest BCUT2D eigenvalue weighted by Gasteiger charge is -2.37. The van der Waals surface area contributed by atoms with Gasteiger partial charge in [-0.25, -0.2) is 4.98 Å². The van der Waals surface area contributed by atoms with Crippen molar-refractivity contribution >= 4 is 11.3 Å². The van der Waals surface area contributed by atoms with Crippen molar-refractivity contribution in [2.45, 2.75) is 64.9 Å². The topological polar surface area (TPSA) is 57.6 Å². The van der Waals surface area contributed by atoms with Crippen LogP contribution in [0.25, 0.3) is 0 Å². The average molecular weight is 342 g/mol. The van der Waals surface area contributed by atoms with Gasteiger partial charge in [0.2, 0.25) is 0 Å². The minimum absolute atomic E-state index is 0.175. The van der Waals surface area contributed by atoms with Crippen LogP contribution in [-0.4, -0.2) is 59.5 Å². The van der Waals surface area contributed by atoms with Gasteiger partial charge in [0.25, 0.3) is 0 Å². The number of ether oxygens (including phenoxy) is 1. The first kappa shape index (κ1) is 18.8. The van der Waals surface area contributed by atoms with Crippen LogP contribution < -0.4 is 5.32 Å². The van der Waals surface area contributed by atoms with E-state index in [2.05, 4.69) is 48.3 Å². The van der Waals surface area contributed by atoms with Crippen LogP contribution in [0.5, 0.6) is 0 Å². The summed E-state index contributed by atoms with van der Waals surface area (Å²) in [5.74, 6) is 0. The van der Waals surface area contributed by atoms with E-state index in [0.29, 0.717) is 13.1 Å². The van der Waals surface area contributed by atoms with Crippen LogP contribution in [0, 0.1) is 6.92 Å². The number of rotatable bonds is 7. The van der Waals surface area contributed by atoms with Crippen LogP contribution >= 0.6 is 11.3 Å². The number of aromatic nitrogens is 1. The largest absolute Gasteiger partial charge is 0.390 e. The molecule has 2 N–H and O–H groups in total. The number of hydrogen-bond donors (Lipinski definition) is 2. The second-order valence-electron chi connectivity index (χ2n) is 6.99. The molecule has 0 aliphatic carbocycles. The Balaban J connectivity index is 1.86. The number of aryl methyl sites for hydroxylation is 1. The van der Waals surface area contributed by atoms with Gasteiger partial charge in [0.15, 0.2) is 0 Å². The number of morpholine rings is 1. The molecule has 4 unspecified atom stereocenters. The van der Waals surface area contributed by atoms with Gasteiger partial charge in [-0.05, 0) is 34.1 Å². The molecule has 0 bridgehead atoms. The highest BCUT2D eigenvalue weighted by molar-refractivity contribution is 7.09. The van der Waals surface area contributed by atoms with Crippen molar-refractivity contribution in [1.29, 1.82) is 0 Å². The molecule has 2 heterocycles. The summed E-state index contributed by atoms with van der Waals surface area (Å²) in [6.45, 7) is 13.5. The summed E-state index contributed by atoms with van der Waals surface area (Å²) in [6, 6.07) is 0. The minimum atomic E-state index is -0.389. The van der Waals surface area contributed by atoms with Gasteiger partial charge in [0.1, 0.15) is 5.01 Å². The number of hydrogen-bond acceptors (Lipinski definition) is 6. The van der Waals surface area contributed by atoms with Gasteiger partial charge in [0, 0.05) is 37.3 Å². The molecule has 1 aliphatic heterocycles. The van der Waals surface area contributed by atoms with E-state index in [9.17, 15) is 5.11 Å². The SMILES string of the molecule is CCC(C)(NCC(O)CN1CC(C)OC(C)C1)c1nc(C)cs1. The third kappa shape index (κ3) is 5.22. The van der Waals surface area contributed by atoms with E-state index in [4.69, 9.17) is 4.74 Å². The normalized spacial score (nSPS) is 26.9. The quantitative estimate of drug-likeness (QED) is 0.796. The van der Waals surface area contributed by atoms with Crippen LogP contribution in [0.3, 0.4) is 0 Å². The monoisotopic (exact) mass is 341 g/mol. The Kier molecular flexibility index (Phi) is 6.57. The summed E-state index contributed by atoms with van der Waals surface area (Å²) >= 11 is 1.69. The summed E-state index contributed by atoms with van der Waals surface area (Å²) in [6.07, 6.45) is 1.02. The molecule has 1 saturated heterocycles. The lowest BCUT2D eigenvalue weighted by Crippen LogP contribution is -2.51. The number of aliphatic hydroxyl groups is 1. The van der Waals surface area contributed by atoms with Crippen LogP contribution in [0.15, 0.2) is 5.38 Å². The highest BCUT2D eigenvalue weighted by Crippen LogP contribution is 2.27. The number of nitrogens with zero attached hydrogens (tertiary/aromatic N) is 2. The van der Waals surface area contributed by atoms with E-state index in [1.54, 1.807) is 11.3 Å². The van der Waals surface area contributed by atoms with Gasteiger partial charge in [-0.15, -0.1) is 11.3 Å². The maximum absolute atomic E-state index is 10.4. The lowest BCUT2D eigenvalue weighted by molar-refractivity contribution is -0.0765. The molecule has 5 nitrogen and oxygen atoms in total. The average Bonchev–Trinajstić information content (AvgIpc) is 2.91. The molecule has 4 atom stereocenters. The molecule has 1 aliphatic rings. The fraction of sp³-hybridized carbons (Fsp3) is 0.824. The van der Waals surface area contributed by atoms with Crippen molar-refractivity contribution in [2.24, 2.45) is 0 Å². The molecule has 0 aromatic carbocycles. The molecule has 1 aromatic rings. The van der Waals surface area contributed by atoms with E-state index in [-0.39, 0.29) is 23.9 Å². The molecule has 0 amide bonds. The van der Waals surface area contributed by atoms with E-state index >= 15 is 0 Å². The highest BCUT2D eigenvalue weighted by atomic mass is 32.1. The number of nitrogens with one attached hydrogen (secondary N) is 1. The zero-order chi connectivity index (χ0) is 17.0. The molecule has 0 spiro atoms. The van der Waals surface area contributed by atoms with Crippen molar-refractivity contribution in [3.05, 3.63) is 16.1 Å². The summed E-state index contributed by atoms with van der Waals surface area (Å²) in [5.41, 5.74) is 0.884. The summed E-state index contributed by atoms with van der Waals surface area (Å²) < 4.78 is 5.74. The molecule has 2 rings (SSSR count). The molecule has 1 aromatic heterocycles. The Morgan fingerprint density at radius 3 is 2.65 bits per heavy atom. The first-order valence-electron chi connectivity index (χ1n) is 8.56. The highest BCUT2D eigenvalue weighted by Gasteiger charge is 2.29. The van der Waals surface area contributed by atoms with Gasteiger partial charge >= 0.3 is 0 Å². The van der Waals surface area contributed by atoms with Crippen LogP contribution in [0.1, 0.15) is 44.8 Å². The fourth-order valence-corrected chi connectivity index (χ4v) is 4.11. The molecular formula is C17H31N3O2S.